The number of carbonyl (C=O) groups excluding carboxylic acids is 1. The molecule has 0 radical (unpaired) electrons. The minimum atomic E-state index is -0.585. The van der Waals surface area contributed by atoms with Crippen molar-refractivity contribution >= 4 is 17.2 Å². The predicted octanol–water partition coefficient (Wildman–Crippen LogP) is 5.20. The van der Waals surface area contributed by atoms with Gasteiger partial charge in [0.2, 0.25) is 0 Å². The maximum atomic E-state index is 12.1. The van der Waals surface area contributed by atoms with Gasteiger partial charge in [-0.3, -0.25) is 10.1 Å². The summed E-state index contributed by atoms with van der Waals surface area (Å²) < 4.78 is 10.5. The van der Waals surface area contributed by atoms with Crippen molar-refractivity contribution in [3.05, 3.63) is 118 Å². The Balaban J connectivity index is 1.80. The molecule has 6 heteroatoms. The van der Waals surface area contributed by atoms with Crippen LogP contribution in [-0.4, -0.2) is 18.0 Å². The summed E-state index contributed by atoms with van der Waals surface area (Å²) in [6.07, 6.45) is 4.72. The molecule has 0 N–H and O–H groups in total. The maximum absolute atomic E-state index is 12.1. The van der Waals surface area contributed by atoms with Crippen LogP contribution in [0.25, 0.3) is 5.57 Å². The maximum Gasteiger partial charge on any atom is 0.336 e. The summed E-state index contributed by atoms with van der Waals surface area (Å²) in [6, 6.07) is 22.7. The fraction of sp³-hybridized carbons (Fsp3) is 0.0417. The fourth-order valence-electron chi connectivity index (χ4n) is 2.78. The van der Waals surface area contributed by atoms with E-state index >= 15 is 0 Å². The van der Waals surface area contributed by atoms with Gasteiger partial charge in [-0.05, 0) is 41.0 Å². The van der Waals surface area contributed by atoms with Crippen molar-refractivity contribution < 1.29 is 19.2 Å². The Hall–Kier alpha value is -4.19. The number of hydrogen-bond donors (Lipinski definition) is 0. The van der Waals surface area contributed by atoms with E-state index in [2.05, 4.69) is 0 Å². The van der Waals surface area contributed by atoms with Crippen LogP contribution in [0.1, 0.15) is 11.1 Å². The van der Waals surface area contributed by atoms with E-state index in [-0.39, 0.29) is 11.4 Å². The van der Waals surface area contributed by atoms with Gasteiger partial charge >= 0.3 is 5.97 Å². The highest BCUT2D eigenvalue weighted by molar-refractivity contribution is 5.86. The standard InChI is InChI=1S/C24H19NO5/c1-29-22-10-5-9-19(17-22)23(18-7-3-2-4-8-18)11-6-12-24(26)30-21-15-13-20(14-16-21)25(27)28/h2-17H,1H3. The quantitative estimate of drug-likeness (QED) is 0.136. The number of hydrogen-bond acceptors (Lipinski definition) is 5. The molecule has 3 rings (SSSR count). The molecule has 30 heavy (non-hydrogen) atoms. The number of allylic oxidation sites excluding steroid dienone is 2. The molecule has 0 aliphatic heterocycles. The Morgan fingerprint density at radius 1 is 0.900 bits per heavy atom. The molecule has 0 aliphatic rings. The van der Waals surface area contributed by atoms with E-state index in [1.54, 1.807) is 13.2 Å². The molecule has 0 amide bonds. The van der Waals surface area contributed by atoms with Crippen molar-refractivity contribution in [2.45, 2.75) is 0 Å². The predicted molar refractivity (Wildman–Crippen MR) is 114 cm³/mol. The monoisotopic (exact) mass is 401 g/mol. The molecule has 0 aromatic heterocycles. The SMILES string of the molecule is COc1cccc(C(=CC=CC(=O)Oc2ccc([N+](=O)[O-])cc2)c2ccccc2)c1. The molecule has 0 bridgehead atoms. The third-order valence-electron chi connectivity index (χ3n) is 4.23. The van der Waals surface area contributed by atoms with Gasteiger partial charge in [0.15, 0.2) is 0 Å². The van der Waals surface area contributed by atoms with Crippen LogP contribution in [0.5, 0.6) is 11.5 Å². The molecular formula is C24H19NO5. The first-order valence-electron chi connectivity index (χ1n) is 9.11. The number of ether oxygens (including phenoxy) is 2. The van der Waals surface area contributed by atoms with Crippen LogP contribution in [0.2, 0.25) is 0 Å². The number of non-ortho nitro benzene ring substituents is 1. The molecule has 0 spiro atoms. The van der Waals surface area contributed by atoms with E-state index in [4.69, 9.17) is 9.47 Å². The molecule has 0 aliphatic carbocycles. The molecule has 6 nitrogen and oxygen atoms in total. The minimum Gasteiger partial charge on any atom is -0.497 e. The van der Waals surface area contributed by atoms with Gasteiger partial charge in [-0.25, -0.2) is 4.79 Å². The number of benzene rings is 3. The first-order valence-corrected chi connectivity index (χ1v) is 9.11. The Morgan fingerprint density at radius 3 is 2.27 bits per heavy atom. The van der Waals surface area contributed by atoms with E-state index in [1.165, 1.54) is 30.3 Å². The molecule has 0 saturated heterocycles. The number of esters is 1. The Labute approximate surface area is 173 Å². The lowest BCUT2D eigenvalue weighted by Gasteiger charge is -2.09. The molecule has 3 aromatic rings. The third-order valence-corrected chi connectivity index (χ3v) is 4.23. The van der Waals surface area contributed by atoms with Crippen LogP contribution in [0.15, 0.2) is 97.1 Å². The molecule has 0 fully saturated rings. The van der Waals surface area contributed by atoms with Gasteiger partial charge < -0.3 is 9.47 Å². The highest BCUT2D eigenvalue weighted by atomic mass is 16.6. The summed E-state index contributed by atoms with van der Waals surface area (Å²) >= 11 is 0. The first kappa shape index (κ1) is 20.5. The Morgan fingerprint density at radius 2 is 1.60 bits per heavy atom. The van der Waals surface area contributed by atoms with Gasteiger partial charge in [0, 0.05) is 18.2 Å². The van der Waals surface area contributed by atoms with E-state index in [1.807, 2.05) is 60.7 Å². The van der Waals surface area contributed by atoms with Gasteiger partial charge in [-0.15, -0.1) is 0 Å². The summed E-state index contributed by atoms with van der Waals surface area (Å²) in [7, 11) is 1.61. The lowest BCUT2D eigenvalue weighted by Crippen LogP contribution is -2.03. The van der Waals surface area contributed by atoms with Gasteiger partial charge in [0.25, 0.3) is 5.69 Å². The van der Waals surface area contributed by atoms with Crippen molar-refractivity contribution in [1.29, 1.82) is 0 Å². The number of rotatable bonds is 7. The van der Waals surface area contributed by atoms with Crippen molar-refractivity contribution in [1.82, 2.24) is 0 Å². The van der Waals surface area contributed by atoms with Gasteiger partial charge in [0.05, 0.1) is 12.0 Å². The van der Waals surface area contributed by atoms with Crippen LogP contribution in [0, 0.1) is 10.1 Å². The second kappa shape index (κ2) is 9.84. The van der Waals surface area contributed by atoms with Crippen LogP contribution in [0.4, 0.5) is 5.69 Å². The number of carbonyl (C=O) groups is 1. The zero-order chi connectivity index (χ0) is 21.3. The summed E-state index contributed by atoms with van der Waals surface area (Å²) in [4.78, 5) is 22.3. The van der Waals surface area contributed by atoms with Crippen LogP contribution < -0.4 is 9.47 Å². The zero-order valence-corrected chi connectivity index (χ0v) is 16.2. The van der Waals surface area contributed by atoms with Gasteiger partial charge in [-0.2, -0.15) is 0 Å². The molecule has 0 saturated carbocycles. The lowest BCUT2D eigenvalue weighted by molar-refractivity contribution is -0.384. The molecule has 0 atom stereocenters. The summed E-state index contributed by atoms with van der Waals surface area (Å²) in [5.41, 5.74) is 2.76. The van der Waals surface area contributed by atoms with E-state index in [9.17, 15) is 14.9 Å². The minimum absolute atomic E-state index is 0.0703. The first-order chi connectivity index (χ1) is 14.6. The molecule has 0 heterocycles. The number of nitro groups is 1. The van der Waals surface area contributed by atoms with E-state index < -0.39 is 10.9 Å². The molecule has 3 aromatic carbocycles. The third kappa shape index (κ3) is 5.42. The highest BCUT2D eigenvalue weighted by Crippen LogP contribution is 2.26. The van der Waals surface area contributed by atoms with Gasteiger partial charge in [0.1, 0.15) is 11.5 Å². The summed E-state index contributed by atoms with van der Waals surface area (Å²) in [5.74, 6) is 0.379. The second-order valence-electron chi connectivity index (χ2n) is 6.21. The van der Waals surface area contributed by atoms with Crippen LogP contribution >= 0.6 is 0 Å². The fourth-order valence-corrected chi connectivity index (χ4v) is 2.78. The van der Waals surface area contributed by atoms with Crippen LogP contribution in [0.3, 0.4) is 0 Å². The zero-order valence-electron chi connectivity index (χ0n) is 16.2. The number of nitro benzene ring substituents is 1. The molecular weight excluding hydrogens is 382 g/mol. The Kier molecular flexibility index (Phi) is 6.74. The smallest absolute Gasteiger partial charge is 0.336 e. The van der Waals surface area contributed by atoms with E-state index in [0.29, 0.717) is 0 Å². The lowest BCUT2D eigenvalue weighted by atomic mass is 9.97. The molecule has 0 unspecified atom stereocenters. The summed E-state index contributed by atoms with van der Waals surface area (Å²) in [6.45, 7) is 0. The summed E-state index contributed by atoms with van der Waals surface area (Å²) in [5, 5.41) is 10.7. The number of methoxy groups -OCH3 is 1. The molecule has 150 valence electrons. The highest BCUT2D eigenvalue weighted by Gasteiger charge is 2.07. The van der Waals surface area contributed by atoms with Crippen molar-refractivity contribution in [2.24, 2.45) is 0 Å². The average molecular weight is 401 g/mol. The second-order valence-corrected chi connectivity index (χ2v) is 6.21. The van der Waals surface area contributed by atoms with Gasteiger partial charge in [-0.1, -0.05) is 54.6 Å². The van der Waals surface area contributed by atoms with Crippen molar-refractivity contribution in [3.8, 4) is 11.5 Å². The van der Waals surface area contributed by atoms with E-state index in [0.717, 1.165) is 22.4 Å². The average Bonchev–Trinajstić information content (AvgIpc) is 2.77. The normalized spacial score (nSPS) is 11.3. The topological polar surface area (TPSA) is 78.7 Å². The Bertz CT molecular complexity index is 1090. The number of nitrogens with zero attached hydrogens (tertiary/aromatic N) is 1. The van der Waals surface area contributed by atoms with Crippen molar-refractivity contribution in [2.75, 3.05) is 7.11 Å². The largest absolute Gasteiger partial charge is 0.497 e. The van der Waals surface area contributed by atoms with Crippen molar-refractivity contribution in [3.63, 3.8) is 0 Å². The van der Waals surface area contributed by atoms with Crippen LogP contribution in [-0.2, 0) is 4.79 Å².